The number of nitrogens with zero attached hydrogens (tertiary/aromatic N) is 3. The van der Waals surface area contributed by atoms with Crippen molar-refractivity contribution in [3.05, 3.63) is 47.8 Å². The molecule has 17 heavy (non-hydrogen) atoms. The van der Waals surface area contributed by atoms with Gasteiger partial charge >= 0.3 is 0 Å². The van der Waals surface area contributed by atoms with Crippen LogP contribution in [0.1, 0.15) is 29.5 Å². The van der Waals surface area contributed by atoms with E-state index in [0.717, 1.165) is 30.7 Å². The summed E-state index contributed by atoms with van der Waals surface area (Å²) < 4.78 is 2.23. The van der Waals surface area contributed by atoms with Crippen LogP contribution in [0.15, 0.2) is 30.7 Å². The Kier molecular flexibility index (Phi) is 2.65. The molecule has 0 saturated carbocycles. The SMILES string of the molecule is NCC1CCc2c(Cc3ccccn3)ncn21. The molecule has 2 aromatic heterocycles. The van der Waals surface area contributed by atoms with E-state index in [-0.39, 0.29) is 0 Å². The van der Waals surface area contributed by atoms with Crippen molar-refractivity contribution in [2.45, 2.75) is 25.3 Å². The van der Waals surface area contributed by atoms with Crippen LogP contribution < -0.4 is 5.73 Å². The third-order valence-electron chi connectivity index (χ3n) is 3.44. The van der Waals surface area contributed by atoms with E-state index in [2.05, 4.69) is 14.5 Å². The third kappa shape index (κ3) is 1.85. The molecular formula is C13H16N4. The van der Waals surface area contributed by atoms with E-state index in [0.29, 0.717) is 12.6 Å². The van der Waals surface area contributed by atoms with Crippen molar-refractivity contribution in [1.29, 1.82) is 0 Å². The van der Waals surface area contributed by atoms with E-state index in [9.17, 15) is 0 Å². The Balaban J connectivity index is 1.86. The summed E-state index contributed by atoms with van der Waals surface area (Å²) in [6.45, 7) is 0.701. The number of nitrogens with two attached hydrogens (primary N) is 1. The number of fused-ring (bicyclic) bond motifs is 1. The van der Waals surface area contributed by atoms with Crippen LogP contribution in [0.2, 0.25) is 0 Å². The summed E-state index contributed by atoms with van der Waals surface area (Å²) in [5, 5.41) is 0. The molecule has 88 valence electrons. The fourth-order valence-electron chi connectivity index (χ4n) is 2.51. The zero-order valence-corrected chi connectivity index (χ0v) is 9.71. The number of hydrogen-bond acceptors (Lipinski definition) is 3. The lowest BCUT2D eigenvalue weighted by atomic mass is 10.1. The van der Waals surface area contributed by atoms with Crippen molar-refractivity contribution in [1.82, 2.24) is 14.5 Å². The van der Waals surface area contributed by atoms with Gasteiger partial charge in [-0.3, -0.25) is 4.98 Å². The Labute approximate surface area is 101 Å². The minimum absolute atomic E-state index is 0.440. The second-order valence-electron chi connectivity index (χ2n) is 4.47. The summed E-state index contributed by atoms with van der Waals surface area (Å²) in [6, 6.07) is 6.43. The lowest BCUT2D eigenvalue weighted by molar-refractivity contribution is 0.536. The van der Waals surface area contributed by atoms with Crippen LogP contribution in [0, 0.1) is 0 Å². The largest absolute Gasteiger partial charge is 0.330 e. The van der Waals surface area contributed by atoms with Crippen LogP contribution in [0.5, 0.6) is 0 Å². The summed E-state index contributed by atoms with van der Waals surface area (Å²) in [5.74, 6) is 0. The predicted octanol–water partition coefficient (Wildman–Crippen LogP) is 1.31. The topological polar surface area (TPSA) is 56.7 Å². The van der Waals surface area contributed by atoms with Gasteiger partial charge in [-0.2, -0.15) is 0 Å². The summed E-state index contributed by atoms with van der Waals surface area (Å²) in [5.41, 5.74) is 9.32. The van der Waals surface area contributed by atoms with Crippen LogP contribution in [0.25, 0.3) is 0 Å². The molecule has 1 aliphatic rings. The van der Waals surface area contributed by atoms with Gasteiger partial charge in [-0.25, -0.2) is 4.98 Å². The minimum atomic E-state index is 0.440. The molecule has 0 aromatic carbocycles. The Morgan fingerprint density at radius 3 is 3.06 bits per heavy atom. The first-order chi connectivity index (χ1) is 8.38. The summed E-state index contributed by atoms with van der Waals surface area (Å²) in [7, 11) is 0. The second kappa shape index (κ2) is 4.30. The lowest BCUT2D eigenvalue weighted by Crippen LogP contribution is -2.14. The van der Waals surface area contributed by atoms with Gasteiger partial charge in [0.05, 0.1) is 12.0 Å². The van der Waals surface area contributed by atoms with Crippen molar-refractivity contribution in [2.75, 3.05) is 6.54 Å². The molecule has 3 rings (SSSR count). The van der Waals surface area contributed by atoms with Gasteiger partial charge in [0.15, 0.2) is 0 Å². The van der Waals surface area contributed by atoms with E-state index in [1.54, 1.807) is 0 Å². The van der Waals surface area contributed by atoms with Gasteiger partial charge < -0.3 is 10.3 Å². The van der Waals surface area contributed by atoms with Crippen molar-refractivity contribution in [3.8, 4) is 0 Å². The Bertz CT molecular complexity index is 503. The molecule has 0 aliphatic carbocycles. The van der Waals surface area contributed by atoms with Crippen molar-refractivity contribution >= 4 is 0 Å². The Hall–Kier alpha value is -1.68. The number of hydrogen-bond donors (Lipinski definition) is 1. The van der Waals surface area contributed by atoms with E-state index in [1.807, 2.05) is 30.7 Å². The molecule has 0 bridgehead atoms. The minimum Gasteiger partial charge on any atom is -0.330 e. The van der Waals surface area contributed by atoms with E-state index in [4.69, 9.17) is 5.73 Å². The highest BCUT2D eigenvalue weighted by Crippen LogP contribution is 2.27. The van der Waals surface area contributed by atoms with Crippen LogP contribution >= 0.6 is 0 Å². The zero-order chi connectivity index (χ0) is 11.7. The Morgan fingerprint density at radius 1 is 1.35 bits per heavy atom. The molecule has 4 nitrogen and oxygen atoms in total. The molecule has 1 aliphatic heterocycles. The highest BCUT2D eigenvalue weighted by atomic mass is 15.1. The van der Waals surface area contributed by atoms with Crippen LogP contribution in [-0.4, -0.2) is 21.1 Å². The summed E-state index contributed by atoms with van der Waals surface area (Å²) in [6.07, 6.45) is 6.81. The molecule has 0 spiro atoms. The van der Waals surface area contributed by atoms with Crippen molar-refractivity contribution < 1.29 is 0 Å². The maximum Gasteiger partial charge on any atom is 0.0954 e. The van der Waals surface area contributed by atoms with E-state index >= 15 is 0 Å². The first-order valence-corrected chi connectivity index (χ1v) is 6.03. The summed E-state index contributed by atoms with van der Waals surface area (Å²) in [4.78, 5) is 8.84. The van der Waals surface area contributed by atoms with Gasteiger partial charge in [0, 0.05) is 36.6 Å². The van der Waals surface area contributed by atoms with Gasteiger partial charge in [0.1, 0.15) is 0 Å². The maximum atomic E-state index is 5.75. The van der Waals surface area contributed by atoms with Crippen LogP contribution in [0.3, 0.4) is 0 Å². The van der Waals surface area contributed by atoms with Gasteiger partial charge in [0.2, 0.25) is 0 Å². The van der Waals surface area contributed by atoms with E-state index < -0.39 is 0 Å². The van der Waals surface area contributed by atoms with Gasteiger partial charge in [-0.1, -0.05) is 6.07 Å². The van der Waals surface area contributed by atoms with Crippen molar-refractivity contribution in [2.24, 2.45) is 5.73 Å². The van der Waals surface area contributed by atoms with Gasteiger partial charge in [-0.05, 0) is 25.0 Å². The monoisotopic (exact) mass is 228 g/mol. The number of aromatic nitrogens is 3. The maximum absolute atomic E-state index is 5.75. The fraction of sp³-hybridized carbons (Fsp3) is 0.385. The fourth-order valence-corrected chi connectivity index (χ4v) is 2.51. The van der Waals surface area contributed by atoms with Gasteiger partial charge in [0.25, 0.3) is 0 Å². The summed E-state index contributed by atoms with van der Waals surface area (Å²) >= 11 is 0. The number of rotatable bonds is 3. The number of imidazole rings is 1. The molecule has 0 fully saturated rings. The smallest absolute Gasteiger partial charge is 0.0954 e. The quantitative estimate of drug-likeness (QED) is 0.861. The molecule has 1 atom stereocenters. The second-order valence-corrected chi connectivity index (χ2v) is 4.47. The number of pyridine rings is 1. The lowest BCUT2D eigenvalue weighted by Gasteiger charge is -2.07. The molecule has 4 heteroatoms. The Morgan fingerprint density at radius 2 is 2.29 bits per heavy atom. The standard InChI is InChI=1S/C13H16N4/c14-8-11-4-5-13-12(16-9-17(11)13)7-10-3-1-2-6-15-10/h1-3,6,9,11H,4-5,7-8,14H2. The van der Waals surface area contributed by atoms with Gasteiger partial charge in [-0.15, -0.1) is 0 Å². The van der Waals surface area contributed by atoms with Crippen LogP contribution in [-0.2, 0) is 12.8 Å². The molecule has 0 amide bonds. The third-order valence-corrected chi connectivity index (χ3v) is 3.44. The molecular weight excluding hydrogens is 212 g/mol. The predicted molar refractivity (Wildman–Crippen MR) is 65.7 cm³/mol. The highest BCUT2D eigenvalue weighted by Gasteiger charge is 2.23. The molecule has 2 aromatic rings. The van der Waals surface area contributed by atoms with Crippen molar-refractivity contribution in [3.63, 3.8) is 0 Å². The first-order valence-electron chi connectivity index (χ1n) is 6.03. The molecule has 0 saturated heterocycles. The normalized spacial score (nSPS) is 18.3. The van der Waals surface area contributed by atoms with Crippen LogP contribution in [0.4, 0.5) is 0 Å². The average molecular weight is 228 g/mol. The molecule has 1 unspecified atom stereocenters. The average Bonchev–Trinajstić information content (AvgIpc) is 2.93. The molecule has 2 N–H and O–H groups in total. The molecule has 3 heterocycles. The molecule has 0 radical (unpaired) electrons. The first kappa shape index (κ1) is 10.5. The van der Waals surface area contributed by atoms with E-state index in [1.165, 1.54) is 5.69 Å². The zero-order valence-electron chi connectivity index (χ0n) is 9.71. The highest BCUT2D eigenvalue weighted by molar-refractivity contribution is 5.23.